The number of rotatable bonds is 5. The van der Waals surface area contributed by atoms with Gasteiger partial charge >= 0.3 is 5.97 Å². The first-order chi connectivity index (χ1) is 13.1. The van der Waals surface area contributed by atoms with E-state index in [2.05, 4.69) is 16.0 Å². The van der Waals surface area contributed by atoms with Crippen LogP contribution in [0.15, 0.2) is 41.2 Å². The summed E-state index contributed by atoms with van der Waals surface area (Å²) in [6.45, 7) is 3.90. The molecule has 0 unspecified atom stereocenters. The predicted octanol–water partition coefficient (Wildman–Crippen LogP) is 3.04. The molecule has 0 bridgehead atoms. The number of nitrogens with one attached hydrogen (secondary N) is 1. The summed E-state index contributed by atoms with van der Waals surface area (Å²) >= 11 is 0. The lowest BCUT2D eigenvalue weighted by Crippen LogP contribution is -2.20. The fourth-order valence-corrected chi connectivity index (χ4v) is 2.81. The van der Waals surface area contributed by atoms with Crippen molar-refractivity contribution in [2.24, 2.45) is 0 Å². The highest BCUT2D eigenvalue weighted by Gasteiger charge is 2.21. The largest absolute Gasteiger partial charge is 0.477 e. The van der Waals surface area contributed by atoms with Crippen molar-refractivity contribution in [3.8, 4) is 23.1 Å². The molecular weight excluding hydrogens is 346 g/mol. The third-order valence-corrected chi connectivity index (χ3v) is 3.92. The van der Waals surface area contributed by atoms with Gasteiger partial charge in [0.05, 0.1) is 13.2 Å². The van der Waals surface area contributed by atoms with Gasteiger partial charge in [-0.2, -0.15) is 10.2 Å². The van der Waals surface area contributed by atoms with E-state index in [4.69, 9.17) is 9.47 Å². The lowest BCUT2D eigenvalue weighted by Gasteiger charge is -2.13. The van der Waals surface area contributed by atoms with E-state index in [-0.39, 0.29) is 29.3 Å². The summed E-state index contributed by atoms with van der Waals surface area (Å²) in [5, 5.41) is 10.2. The average Bonchev–Trinajstić information content (AvgIpc) is 2.67. The lowest BCUT2D eigenvalue weighted by atomic mass is 9.97. The Labute approximate surface area is 155 Å². The monoisotopic (exact) mass is 363 g/mol. The Kier molecular flexibility index (Phi) is 5.18. The second-order valence-electron chi connectivity index (χ2n) is 5.57. The average molecular weight is 363 g/mol. The molecule has 136 valence electrons. The maximum atomic E-state index is 12.3. The van der Waals surface area contributed by atoms with Gasteiger partial charge in [0.15, 0.2) is 0 Å². The predicted molar refractivity (Wildman–Crippen MR) is 99.6 cm³/mol. The van der Waals surface area contributed by atoms with Gasteiger partial charge in [-0.1, -0.05) is 30.3 Å². The number of aromatic nitrogens is 2. The van der Waals surface area contributed by atoms with Gasteiger partial charge in [0, 0.05) is 10.9 Å². The molecular formula is C20H17N3O4. The third-order valence-electron chi connectivity index (χ3n) is 3.92. The number of benzene rings is 1. The molecule has 2 aromatic heterocycles. The van der Waals surface area contributed by atoms with E-state index < -0.39 is 11.5 Å². The van der Waals surface area contributed by atoms with Crippen molar-refractivity contribution in [3.63, 3.8) is 0 Å². The van der Waals surface area contributed by atoms with Crippen LogP contribution in [0.5, 0.6) is 5.88 Å². The molecule has 3 rings (SSSR count). The number of pyridine rings is 2. The first-order valence-electron chi connectivity index (χ1n) is 8.47. The minimum atomic E-state index is -0.730. The maximum Gasteiger partial charge on any atom is 0.343 e. The van der Waals surface area contributed by atoms with Crippen molar-refractivity contribution in [1.29, 1.82) is 5.26 Å². The van der Waals surface area contributed by atoms with Crippen LogP contribution in [0.25, 0.3) is 22.2 Å². The van der Waals surface area contributed by atoms with Gasteiger partial charge < -0.3 is 14.5 Å². The molecule has 0 saturated carbocycles. The van der Waals surface area contributed by atoms with Crippen molar-refractivity contribution in [2.45, 2.75) is 13.8 Å². The summed E-state index contributed by atoms with van der Waals surface area (Å²) in [7, 11) is 0. The molecule has 0 aliphatic rings. The number of hydrogen-bond acceptors (Lipinski definition) is 6. The summed E-state index contributed by atoms with van der Waals surface area (Å²) in [6, 6.07) is 12.7. The second kappa shape index (κ2) is 7.70. The van der Waals surface area contributed by atoms with Gasteiger partial charge in [0.1, 0.15) is 22.8 Å². The fourth-order valence-electron chi connectivity index (χ4n) is 2.81. The van der Waals surface area contributed by atoms with Gasteiger partial charge in [0.25, 0.3) is 5.56 Å². The Bertz CT molecular complexity index is 1100. The number of esters is 1. The van der Waals surface area contributed by atoms with Gasteiger partial charge in [-0.3, -0.25) is 4.79 Å². The van der Waals surface area contributed by atoms with E-state index >= 15 is 0 Å². The Morgan fingerprint density at radius 1 is 1.22 bits per heavy atom. The molecule has 0 saturated heterocycles. The molecule has 0 aliphatic carbocycles. The van der Waals surface area contributed by atoms with E-state index in [1.54, 1.807) is 13.8 Å². The first-order valence-corrected chi connectivity index (χ1v) is 8.47. The van der Waals surface area contributed by atoms with Crippen molar-refractivity contribution in [3.05, 3.63) is 57.9 Å². The smallest absolute Gasteiger partial charge is 0.343 e. The molecule has 1 N–H and O–H groups in total. The van der Waals surface area contributed by atoms with Crippen molar-refractivity contribution in [1.82, 2.24) is 9.97 Å². The SMILES string of the molecule is CCOC(=O)c1cc2c(-c3ccccc3)c(C#N)c(OCC)nc2[nH]c1=O. The summed E-state index contributed by atoms with van der Waals surface area (Å²) in [5.41, 5.74) is 0.986. The number of ether oxygens (including phenoxy) is 2. The Hall–Kier alpha value is -3.66. The number of H-pyrrole nitrogens is 1. The van der Waals surface area contributed by atoms with Gasteiger partial charge in [-0.05, 0) is 25.5 Å². The Balaban J connectivity index is 2.42. The normalized spacial score (nSPS) is 10.4. The second-order valence-corrected chi connectivity index (χ2v) is 5.57. The van der Waals surface area contributed by atoms with Crippen LogP contribution in [-0.4, -0.2) is 29.2 Å². The molecule has 0 spiro atoms. The van der Waals surface area contributed by atoms with Gasteiger partial charge in [0.2, 0.25) is 5.88 Å². The van der Waals surface area contributed by atoms with Crippen molar-refractivity contribution in [2.75, 3.05) is 13.2 Å². The quantitative estimate of drug-likeness (QED) is 0.699. The number of fused-ring (bicyclic) bond motifs is 1. The Morgan fingerprint density at radius 3 is 2.59 bits per heavy atom. The van der Waals surface area contributed by atoms with Crippen LogP contribution in [0, 0.1) is 11.3 Å². The first kappa shape index (κ1) is 18.1. The maximum absolute atomic E-state index is 12.3. The zero-order valence-electron chi connectivity index (χ0n) is 14.9. The van der Waals surface area contributed by atoms with E-state index in [1.807, 2.05) is 30.3 Å². The standard InChI is InChI=1S/C20H17N3O4/c1-3-26-19-15(11-21)16(12-8-6-5-7-9-12)13-10-14(20(25)27-4-2)18(24)22-17(13)23-19/h5-10H,3-4H2,1-2H3,(H,22,23,24). The number of nitriles is 1. The molecule has 3 aromatic rings. The molecule has 0 aliphatic heterocycles. The molecule has 0 radical (unpaired) electrons. The molecule has 27 heavy (non-hydrogen) atoms. The highest BCUT2D eigenvalue weighted by Crippen LogP contribution is 2.35. The summed E-state index contributed by atoms with van der Waals surface area (Å²) in [6.07, 6.45) is 0. The van der Waals surface area contributed by atoms with E-state index in [0.29, 0.717) is 17.6 Å². The van der Waals surface area contributed by atoms with Crippen LogP contribution in [0.3, 0.4) is 0 Å². The molecule has 2 heterocycles. The van der Waals surface area contributed by atoms with Crippen LogP contribution in [0.2, 0.25) is 0 Å². The molecule has 0 amide bonds. The molecule has 7 nitrogen and oxygen atoms in total. The van der Waals surface area contributed by atoms with E-state index in [9.17, 15) is 14.9 Å². The van der Waals surface area contributed by atoms with Crippen molar-refractivity contribution >= 4 is 17.0 Å². The topological polar surface area (TPSA) is 105 Å². The third kappa shape index (κ3) is 3.37. The summed E-state index contributed by atoms with van der Waals surface area (Å²) in [4.78, 5) is 31.3. The number of aromatic amines is 1. The Morgan fingerprint density at radius 2 is 1.96 bits per heavy atom. The molecule has 7 heteroatoms. The van der Waals surface area contributed by atoms with Gasteiger partial charge in [-0.25, -0.2) is 4.79 Å². The fraction of sp³-hybridized carbons (Fsp3) is 0.200. The number of carbonyl (C=O) groups excluding carboxylic acids is 1. The highest BCUT2D eigenvalue weighted by atomic mass is 16.5. The summed E-state index contributed by atoms with van der Waals surface area (Å²) in [5.74, 6) is -0.599. The minimum Gasteiger partial charge on any atom is -0.477 e. The highest BCUT2D eigenvalue weighted by molar-refractivity contribution is 6.01. The zero-order valence-corrected chi connectivity index (χ0v) is 14.9. The number of carbonyl (C=O) groups is 1. The zero-order chi connectivity index (χ0) is 19.4. The number of hydrogen-bond donors (Lipinski definition) is 1. The van der Waals surface area contributed by atoms with Crippen LogP contribution < -0.4 is 10.3 Å². The van der Waals surface area contributed by atoms with Crippen LogP contribution in [0.1, 0.15) is 29.8 Å². The van der Waals surface area contributed by atoms with Crippen LogP contribution in [0.4, 0.5) is 0 Å². The molecule has 0 fully saturated rings. The van der Waals surface area contributed by atoms with Crippen LogP contribution >= 0.6 is 0 Å². The lowest BCUT2D eigenvalue weighted by molar-refractivity contribution is 0.0524. The van der Waals surface area contributed by atoms with Gasteiger partial charge in [-0.15, -0.1) is 0 Å². The van der Waals surface area contributed by atoms with Crippen LogP contribution in [-0.2, 0) is 4.74 Å². The molecule has 0 atom stereocenters. The minimum absolute atomic E-state index is 0.130. The van der Waals surface area contributed by atoms with E-state index in [0.717, 1.165) is 5.56 Å². The number of nitrogens with zero attached hydrogens (tertiary/aromatic N) is 2. The van der Waals surface area contributed by atoms with E-state index in [1.165, 1.54) is 6.07 Å². The van der Waals surface area contributed by atoms with Crippen molar-refractivity contribution < 1.29 is 14.3 Å². The summed E-state index contributed by atoms with van der Waals surface area (Å²) < 4.78 is 10.5. The molecule has 1 aromatic carbocycles.